The molecule has 0 bridgehead atoms. The fourth-order valence-corrected chi connectivity index (χ4v) is 2.99. The van der Waals surface area contributed by atoms with Crippen LogP contribution in [-0.4, -0.2) is 35.6 Å². The molecule has 126 valence electrons. The van der Waals surface area contributed by atoms with Crippen LogP contribution in [-0.2, 0) is 4.74 Å². The van der Waals surface area contributed by atoms with E-state index in [0.717, 1.165) is 17.5 Å². The minimum Gasteiger partial charge on any atom is -0.371 e. The van der Waals surface area contributed by atoms with Crippen molar-refractivity contribution in [3.05, 3.63) is 66.0 Å². The molecule has 5 nitrogen and oxygen atoms in total. The highest BCUT2D eigenvalue weighted by atomic mass is 16.5. The lowest BCUT2D eigenvalue weighted by Gasteiger charge is -2.28. The first-order valence-electron chi connectivity index (χ1n) is 8.26. The summed E-state index contributed by atoms with van der Waals surface area (Å²) >= 11 is 0. The third-order valence-corrected chi connectivity index (χ3v) is 4.60. The van der Waals surface area contributed by atoms with Gasteiger partial charge in [0.1, 0.15) is 6.10 Å². The van der Waals surface area contributed by atoms with Gasteiger partial charge in [-0.1, -0.05) is 36.4 Å². The smallest absolute Gasteiger partial charge is 0.317 e. The summed E-state index contributed by atoms with van der Waals surface area (Å²) in [6, 6.07) is 13.8. The van der Waals surface area contributed by atoms with Crippen molar-refractivity contribution in [1.29, 1.82) is 0 Å². The van der Waals surface area contributed by atoms with Gasteiger partial charge >= 0.3 is 6.03 Å². The number of hydrogen-bond acceptors (Lipinski definition) is 3. The fraction of sp³-hybridized carbons (Fsp3) is 0.368. The molecule has 5 heteroatoms. The van der Waals surface area contributed by atoms with E-state index in [2.05, 4.69) is 10.3 Å². The number of urea groups is 1. The predicted molar refractivity (Wildman–Crippen MR) is 92.5 cm³/mol. The first-order chi connectivity index (χ1) is 11.7. The molecule has 0 aliphatic carbocycles. The van der Waals surface area contributed by atoms with Crippen LogP contribution in [0.25, 0.3) is 0 Å². The topological polar surface area (TPSA) is 54.5 Å². The van der Waals surface area contributed by atoms with Gasteiger partial charge in [0.15, 0.2) is 0 Å². The van der Waals surface area contributed by atoms with Crippen LogP contribution >= 0.6 is 0 Å². The maximum atomic E-state index is 12.6. The van der Waals surface area contributed by atoms with Crippen LogP contribution < -0.4 is 5.32 Å². The van der Waals surface area contributed by atoms with Crippen LogP contribution in [0.1, 0.15) is 36.6 Å². The van der Waals surface area contributed by atoms with E-state index in [4.69, 9.17) is 4.74 Å². The molecule has 3 rings (SSSR count). The Morgan fingerprint density at radius 3 is 2.79 bits per heavy atom. The molecule has 3 atom stereocenters. The highest BCUT2D eigenvalue weighted by molar-refractivity contribution is 5.75. The Balaban J connectivity index is 1.65. The molecule has 2 heterocycles. The van der Waals surface area contributed by atoms with E-state index in [0.29, 0.717) is 6.61 Å². The molecule has 1 aromatic carbocycles. The van der Waals surface area contributed by atoms with Gasteiger partial charge in [-0.25, -0.2) is 4.79 Å². The summed E-state index contributed by atoms with van der Waals surface area (Å²) in [6.45, 7) is 2.66. The number of amides is 2. The van der Waals surface area contributed by atoms with Crippen LogP contribution in [0.3, 0.4) is 0 Å². The monoisotopic (exact) mass is 325 g/mol. The third kappa shape index (κ3) is 3.57. The quantitative estimate of drug-likeness (QED) is 0.938. The van der Waals surface area contributed by atoms with Gasteiger partial charge in [-0.05, 0) is 30.5 Å². The highest BCUT2D eigenvalue weighted by Crippen LogP contribution is 2.29. The average Bonchev–Trinajstić information content (AvgIpc) is 3.10. The number of pyridine rings is 1. The third-order valence-electron chi connectivity index (χ3n) is 4.60. The number of rotatable bonds is 4. The van der Waals surface area contributed by atoms with Gasteiger partial charge < -0.3 is 15.0 Å². The van der Waals surface area contributed by atoms with Gasteiger partial charge in [-0.15, -0.1) is 0 Å². The van der Waals surface area contributed by atoms with E-state index in [9.17, 15) is 4.79 Å². The predicted octanol–water partition coefficient (Wildman–Crippen LogP) is 3.31. The van der Waals surface area contributed by atoms with Crippen LogP contribution in [0, 0.1) is 0 Å². The minimum absolute atomic E-state index is 0.0107. The van der Waals surface area contributed by atoms with Crippen LogP contribution in [0.4, 0.5) is 4.79 Å². The summed E-state index contributed by atoms with van der Waals surface area (Å²) in [6.07, 6.45) is 4.26. The van der Waals surface area contributed by atoms with Crippen molar-refractivity contribution in [2.75, 3.05) is 13.7 Å². The lowest BCUT2D eigenvalue weighted by molar-refractivity contribution is 0.0978. The summed E-state index contributed by atoms with van der Waals surface area (Å²) in [5, 5.41) is 3.12. The second-order valence-electron chi connectivity index (χ2n) is 6.12. The Morgan fingerprint density at radius 1 is 1.29 bits per heavy atom. The van der Waals surface area contributed by atoms with E-state index in [-0.39, 0.29) is 24.2 Å². The molecule has 0 unspecified atom stereocenters. The number of benzene rings is 1. The Morgan fingerprint density at radius 2 is 2.08 bits per heavy atom. The molecule has 1 fully saturated rings. The lowest BCUT2D eigenvalue weighted by atomic mass is 10.0. The zero-order valence-electron chi connectivity index (χ0n) is 14.1. The Labute approximate surface area is 142 Å². The molecule has 1 aliphatic rings. The zero-order chi connectivity index (χ0) is 16.9. The van der Waals surface area contributed by atoms with E-state index in [1.807, 2.05) is 49.4 Å². The van der Waals surface area contributed by atoms with E-state index < -0.39 is 0 Å². The zero-order valence-corrected chi connectivity index (χ0v) is 14.1. The van der Waals surface area contributed by atoms with Gasteiger partial charge in [0.05, 0.1) is 12.1 Å². The van der Waals surface area contributed by atoms with Crippen LogP contribution in [0.15, 0.2) is 54.9 Å². The summed E-state index contributed by atoms with van der Waals surface area (Å²) in [7, 11) is 1.81. The standard InChI is InChI=1S/C19H23N3O2/c1-14(16-9-6-11-20-13-16)22(2)19(23)21-17-10-12-24-18(17)15-7-4-3-5-8-15/h3-9,11,13-14,17-18H,10,12H2,1-2H3,(H,21,23)/t14-,17+,18+/m1/s1. The molecule has 24 heavy (non-hydrogen) atoms. The molecular weight excluding hydrogens is 302 g/mol. The van der Waals surface area contributed by atoms with E-state index in [1.165, 1.54) is 0 Å². The van der Waals surface area contributed by atoms with Crippen LogP contribution in [0.2, 0.25) is 0 Å². The fourth-order valence-electron chi connectivity index (χ4n) is 2.99. The number of carbonyl (C=O) groups is 1. The largest absolute Gasteiger partial charge is 0.371 e. The summed E-state index contributed by atoms with van der Waals surface area (Å²) in [4.78, 5) is 18.5. The number of hydrogen-bond donors (Lipinski definition) is 1. The number of carbonyl (C=O) groups excluding carboxylic acids is 1. The molecule has 2 amide bonds. The van der Waals surface area contributed by atoms with E-state index in [1.54, 1.807) is 24.3 Å². The van der Waals surface area contributed by atoms with Gasteiger partial charge in [0, 0.05) is 26.0 Å². The SMILES string of the molecule is C[C@H](c1cccnc1)N(C)C(=O)N[C@H]1CCO[C@H]1c1ccccc1. The van der Waals surface area contributed by atoms with E-state index >= 15 is 0 Å². The highest BCUT2D eigenvalue weighted by Gasteiger charge is 2.32. The number of aromatic nitrogens is 1. The van der Waals surface area contributed by atoms with Crippen LogP contribution in [0.5, 0.6) is 0 Å². The normalized spacial score (nSPS) is 21.2. The molecular formula is C19H23N3O2. The molecule has 1 N–H and O–H groups in total. The Bertz CT molecular complexity index is 663. The van der Waals surface area contributed by atoms with Gasteiger partial charge in [0.2, 0.25) is 0 Å². The van der Waals surface area contributed by atoms with Gasteiger partial charge in [-0.3, -0.25) is 4.98 Å². The molecule has 1 aliphatic heterocycles. The molecule has 1 saturated heterocycles. The van der Waals surface area contributed by atoms with Crippen molar-refractivity contribution in [1.82, 2.24) is 15.2 Å². The maximum Gasteiger partial charge on any atom is 0.317 e. The average molecular weight is 325 g/mol. The second-order valence-corrected chi connectivity index (χ2v) is 6.12. The van der Waals surface area contributed by atoms with Crippen molar-refractivity contribution in [3.63, 3.8) is 0 Å². The molecule has 0 radical (unpaired) electrons. The summed E-state index contributed by atoms with van der Waals surface area (Å²) < 4.78 is 5.83. The summed E-state index contributed by atoms with van der Waals surface area (Å²) in [5.41, 5.74) is 2.11. The number of ether oxygens (including phenoxy) is 1. The molecule has 2 aromatic rings. The van der Waals surface area contributed by atoms with Gasteiger partial charge in [-0.2, -0.15) is 0 Å². The minimum atomic E-state index is -0.0946. The summed E-state index contributed by atoms with van der Waals surface area (Å²) in [5.74, 6) is 0. The first kappa shape index (κ1) is 16.5. The number of nitrogens with zero attached hydrogens (tertiary/aromatic N) is 2. The molecule has 0 spiro atoms. The molecule has 1 aromatic heterocycles. The van der Waals surface area contributed by atoms with Gasteiger partial charge in [0.25, 0.3) is 0 Å². The van der Waals surface area contributed by atoms with Crippen molar-refractivity contribution in [2.45, 2.75) is 31.5 Å². The van der Waals surface area contributed by atoms with Crippen molar-refractivity contribution in [2.24, 2.45) is 0 Å². The maximum absolute atomic E-state index is 12.6. The Hall–Kier alpha value is -2.40. The first-order valence-corrected chi connectivity index (χ1v) is 8.26. The van der Waals surface area contributed by atoms with Crippen molar-refractivity contribution >= 4 is 6.03 Å². The lowest BCUT2D eigenvalue weighted by Crippen LogP contribution is -2.45. The Kier molecular flexibility index (Phi) is 5.11. The second kappa shape index (κ2) is 7.45. The molecule has 0 saturated carbocycles. The number of nitrogens with one attached hydrogen (secondary N) is 1. The van der Waals surface area contributed by atoms with Crippen molar-refractivity contribution < 1.29 is 9.53 Å². The van der Waals surface area contributed by atoms with Crippen molar-refractivity contribution in [3.8, 4) is 0 Å².